The first-order valence-corrected chi connectivity index (χ1v) is 6.55. The Hall–Kier alpha value is -2.36. The number of nitrogens with two attached hydrogens (primary N) is 1. The fourth-order valence-corrected chi connectivity index (χ4v) is 2.94. The normalized spacial score (nSPS) is 13.9. The van der Waals surface area contributed by atoms with Crippen molar-refractivity contribution >= 4 is 16.7 Å². The van der Waals surface area contributed by atoms with Gasteiger partial charge in [0.25, 0.3) is 0 Å². The third kappa shape index (κ3) is 1.46. The van der Waals surface area contributed by atoms with E-state index in [4.69, 9.17) is 5.73 Å². The first-order valence-electron chi connectivity index (χ1n) is 6.55. The summed E-state index contributed by atoms with van der Waals surface area (Å²) in [6.45, 7) is 0. The van der Waals surface area contributed by atoms with E-state index in [0.29, 0.717) is 5.82 Å². The van der Waals surface area contributed by atoms with E-state index in [0.717, 1.165) is 29.4 Å². The van der Waals surface area contributed by atoms with E-state index in [9.17, 15) is 0 Å². The van der Waals surface area contributed by atoms with Gasteiger partial charge in [0, 0.05) is 22.8 Å². The largest absolute Gasteiger partial charge is 0.382 e. The third-order valence-corrected chi connectivity index (χ3v) is 3.81. The maximum Gasteiger partial charge on any atom is 0.149 e. The summed E-state index contributed by atoms with van der Waals surface area (Å²) in [5.41, 5.74) is 10.6. The Kier molecular flexibility index (Phi) is 2.12. The lowest BCUT2D eigenvalue weighted by molar-refractivity contribution is 0.792. The van der Waals surface area contributed by atoms with Crippen LogP contribution < -0.4 is 5.73 Å². The molecule has 1 aliphatic rings. The second kappa shape index (κ2) is 3.82. The van der Waals surface area contributed by atoms with Crippen molar-refractivity contribution in [3.05, 3.63) is 47.8 Å². The molecule has 4 nitrogen and oxygen atoms in total. The predicted molar refractivity (Wildman–Crippen MR) is 75.3 cm³/mol. The number of nitrogen functional groups attached to an aromatic ring is 1. The molecule has 0 unspecified atom stereocenters. The van der Waals surface area contributed by atoms with E-state index < -0.39 is 0 Å². The van der Waals surface area contributed by atoms with Crippen LogP contribution in [0, 0.1) is 0 Å². The Balaban J connectivity index is 2.03. The number of anilines is 1. The summed E-state index contributed by atoms with van der Waals surface area (Å²) in [4.78, 5) is 4.40. The van der Waals surface area contributed by atoms with Crippen molar-refractivity contribution in [1.82, 2.24) is 14.8 Å². The number of rotatable bonds is 1. The quantitative estimate of drug-likeness (QED) is 0.722. The highest BCUT2D eigenvalue weighted by Crippen LogP contribution is 2.31. The topological polar surface area (TPSA) is 56.7 Å². The van der Waals surface area contributed by atoms with Gasteiger partial charge in [-0.15, -0.1) is 0 Å². The summed E-state index contributed by atoms with van der Waals surface area (Å²) in [7, 11) is 0. The van der Waals surface area contributed by atoms with Crippen molar-refractivity contribution in [3.63, 3.8) is 0 Å². The van der Waals surface area contributed by atoms with Crippen molar-refractivity contribution in [2.24, 2.45) is 0 Å². The van der Waals surface area contributed by atoms with E-state index in [-0.39, 0.29) is 0 Å². The van der Waals surface area contributed by atoms with Crippen molar-refractivity contribution < 1.29 is 0 Å². The number of fused-ring (bicyclic) bond motifs is 2. The molecule has 2 N–H and O–H groups in total. The zero-order valence-corrected chi connectivity index (χ0v) is 10.5. The van der Waals surface area contributed by atoms with Gasteiger partial charge in [0.05, 0.1) is 11.2 Å². The smallest absolute Gasteiger partial charge is 0.149 e. The first kappa shape index (κ1) is 10.6. The number of pyridine rings is 1. The molecule has 94 valence electrons. The van der Waals surface area contributed by atoms with E-state index >= 15 is 0 Å². The van der Waals surface area contributed by atoms with Crippen LogP contribution in [0.25, 0.3) is 16.6 Å². The Morgan fingerprint density at radius 3 is 3.00 bits per heavy atom. The van der Waals surface area contributed by atoms with Crippen molar-refractivity contribution in [1.29, 1.82) is 0 Å². The molecule has 0 saturated heterocycles. The van der Waals surface area contributed by atoms with E-state index in [1.807, 2.05) is 29.1 Å². The number of nitrogens with zero attached hydrogens (tertiary/aromatic N) is 3. The third-order valence-electron chi connectivity index (χ3n) is 3.81. The Morgan fingerprint density at radius 2 is 2.05 bits per heavy atom. The summed E-state index contributed by atoms with van der Waals surface area (Å²) in [5, 5.41) is 5.63. The zero-order chi connectivity index (χ0) is 12.8. The van der Waals surface area contributed by atoms with Gasteiger partial charge < -0.3 is 5.73 Å². The Labute approximate surface area is 110 Å². The van der Waals surface area contributed by atoms with Gasteiger partial charge in [0.15, 0.2) is 0 Å². The Bertz CT molecular complexity index is 768. The monoisotopic (exact) mass is 250 g/mol. The van der Waals surface area contributed by atoms with Crippen molar-refractivity contribution in [3.8, 4) is 5.69 Å². The summed E-state index contributed by atoms with van der Waals surface area (Å²) < 4.78 is 2.00. The van der Waals surface area contributed by atoms with Crippen LogP contribution in [-0.2, 0) is 12.8 Å². The van der Waals surface area contributed by atoms with E-state index in [1.54, 1.807) is 0 Å². The molecule has 2 aromatic heterocycles. The maximum atomic E-state index is 6.03. The van der Waals surface area contributed by atoms with Gasteiger partial charge in [-0.1, -0.05) is 6.07 Å². The van der Waals surface area contributed by atoms with Crippen LogP contribution >= 0.6 is 0 Å². The van der Waals surface area contributed by atoms with Crippen LogP contribution in [0.3, 0.4) is 0 Å². The summed E-state index contributed by atoms with van der Waals surface area (Å²) >= 11 is 0. The molecular weight excluding hydrogens is 236 g/mol. The molecule has 1 aliphatic carbocycles. The highest BCUT2D eigenvalue weighted by molar-refractivity contribution is 5.87. The molecule has 1 aromatic carbocycles. The minimum Gasteiger partial charge on any atom is -0.382 e. The number of aromatic nitrogens is 3. The number of hydrogen-bond acceptors (Lipinski definition) is 3. The second-order valence-corrected chi connectivity index (χ2v) is 4.92. The molecule has 0 fully saturated rings. The van der Waals surface area contributed by atoms with Crippen LogP contribution in [0.2, 0.25) is 0 Å². The lowest BCUT2D eigenvalue weighted by Crippen LogP contribution is -2.02. The molecular formula is C15H14N4. The molecule has 3 aromatic rings. The molecule has 4 rings (SSSR count). The second-order valence-electron chi connectivity index (χ2n) is 4.92. The van der Waals surface area contributed by atoms with Crippen LogP contribution in [0.15, 0.2) is 36.5 Å². The number of benzene rings is 1. The predicted octanol–water partition coefficient (Wildman–Crippen LogP) is 2.49. The molecule has 0 amide bonds. The summed E-state index contributed by atoms with van der Waals surface area (Å²) in [6.07, 6.45) is 5.08. The fourth-order valence-electron chi connectivity index (χ4n) is 2.94. The van der Waals surface area contributed by atoms with Crippen LogP contribution in [0.1, 0.15) is 17.7 Å². The van der Waals surface area contributed by atoms with Crippen LogP contribution in [-0.4, -0.2) is 14.8 Å². The number of hydrogen-bond donors (Lipinski definition) is 1. The average Bonchev–Trinajstić information content (AvgIpc) is 3.03. The maximum absolute atomic E-state index is 6.03. The molecule has 0 saturated carbocycles. The molecule has 0 radical (unpaired) electrons. The molecule has 0 atom stereocenters. The molecule has 19 heavy (non-hydrogen) atoms. The van der Waals surface area contributed by atoms with Gasteiger partial charge in [-0.2, -0.15) is 5.10 Å². The molecule has 0 spiro atoms. The molecule has 0 aliphatic heterocycles. The van der Waals surface area contributed by atoms with Gasteiger partial charge in [-0.3, -0.25) is 4.98 Å². The van der Waals surface area contributed by atoms with Crippen LogP contribution in [0.5, 0.6) is 0 Å². The highest BCUT2D eigenvalue weighted by atomic mass is 15.3. The standard InChI is InChI=1S/C15H14N4/c16-15-11-4-1-7-14(11)19(18-15)13-8-2-6-12-10(13)5-3-9-17-12/h2-3,5-6,8-9H,1,4,7H2,(H2,16,18). The lowest BCUT2D eigenvalue weighted by atomic mass is 10.1. The molecule has 4 heteroatoms. The van der Waals surface area contributed by atoms with Gasteiger partial charge in [-0.05, 0) is 43.5 Å². The Morgan fingerprint density at radius 1 is 1.11 bits per heavy atom. The zero-order valence-electron chi connectivity index (χ0n) is 10.5. The van der Waals surface area contributed by atoms with Crippen LogP contribution in [0.4, 0.5) is 5.82 Å². The SMILES string of the molecule is Nc1nn(-c2cccc3ncccc23)c2c1CCC2. The van der Waals surface area contributed by atoms with Crippen molar-refractivity contribution in [2.45, 2.75) is 19.3 Å². The summed E-state index contributed by atoms with van der Waals surface area (Å²) in [6, 6.07) is 10.2. The minimum atomic E-state index is 0.674. The van der Waals surface area contributed by atoms with Crippen molar-refractivity contribution in [2.75, 3.05) is 5.73 Å². The van der Waals surface area contributed by atoms with Gasteiger partial charge >= 0.3 is 0 Å². The van der Waals surface area contributed by atoms with Gasteiger partial charge in [-0.25, -0.2) is 4.68 Å². The minimum absolute atomic E-state index is 0.674. The summed E-state index contributed by atoms with van der Waals surface area (Å²) in [5.74, 6) is 0.674. The van der Waals surface area contributed by atoms with E-state index in [2.05, 4.69) is 22.2 Å². The molecule has 0 bridgehead atoms. The lowest BCUT2D eigenvalue weighted by Gasteiger charge is -2.08. The fraction of sp³-hybridized carbons (Fsp3) is 0.200. The molecule has 2 heterocycles. The van der Waals surface area contributed by atoms with Gasteiger partial charge in [0.2, 0.25) is 0 Å². The van der Waals surface area contributed by atoms with Gasteiger partial charge in [0.1, 0.15) is 5.82 Å². The highest BCUT2D eigenvalue weighted by Gasteiger charge is 2.22. The average molecular weight is 250 g/mol. The first-order chi connectivity index (χ1) is 9.34. The van der Waals surface area contributed by atoms with E-state index in [1.165, 1.54) is 17.7 Å².